The van der Waals surface area contributed by atoms with E-state index in [4.69, 9.17) is 10.5 Å². The molecule has 4 nitrogen and oxygen atoms in total. The van der Waals surface area contributed by atoms with Crippen molar-refractivity contribution < 1.29 is 22.7 Å². The zero-order valence-electron chi connectivity index (χ0n) is 10.2. The molecule has 0 radical (unpaired) electrons. The van der Waals surface area contributed by atoms with Crippen LogP contribution in [0.4, 0.5) is 13.2 Å². The summed E-state index contributed by atoms with van der Waals surface area (Å²) in [5.74, 6) is -0.724. The lowest BCUT2D eigenvalue weighted by Gasteiger charge is -2.27. The van der Waals surface area contributed by atoms with Gasteiger partial charge in [0.1, 0.15) is 0 Å². The number of nitrogens with zero attached hydrogens (tertiary/aromatic N) is 1. The summed E-state index contributed by atoms with van der Waals surface area (Å²) < 4.78 is 43.4. The second-order valence-corrected chi connectivity index (χ2v) is 3.72. The average Bonchev–Trinajstić information content (AvgIpc) is 2.37. The van der Waals surface area contributed by atoms with Crippen molar-refractivity contribution in [1.29, 1.82) is 0 Å². The number of carbonyl (C=O) groups is 1. The Hall–Kier alpha value is -1.89. The SMILES string of the molecule is C=NC(N)(c1cccc(C(=O)OCC)c1)C(F)(F)F. The second kappa shape index (κ2) is 5.40. The first-order valence-corrected chi connectivity index (χ1v) is 5.37. The second-order valence-electron chi connectivity index (χ2n) is 3.72. The molecular formula is C12H13F3N2O2. The van der Waals surface area contributed by atoms with Crippen LogP contribution in [0.1, 0.15) is 22.8 Å². The molecular weight excluding hydrogens is 261 g/mol. The van der Waals surface area contributed by atoms with Gasteiger partial charge in [-0.25, -0.2) is 4.79 Å². The summed E-state index contributed by atoms with van der Waals surface area (Å²) >= 11 is 0. The van der Waals surface area contributed by atoms with Crippen LogP contribution in [0, 0.1) is 0 Å². The fourth-order valence-corrected chi connectivity index (χ4v) is 1.44. The molecule has 0 saturated heterocycles. The number of nitrogens with two attached hydrogens (primary N) is 1. The Morgan fingerprint density at radius 2 is 2.11 bits per heavy atom. The lowest BCUT2D eigenvalue weighted by molar-refractivity contribution is -0.186. The topological polar surface area (TPSA) is 64.7 Å². The van der Waals surface area contributed by atoms with Crippen molar-refractivity contribution in [2.75, 3.05) is 6.61 Å². The number of halogens is 3. The predicted octanol–water partition coefficient (Wildman–Crippen LogP) is 2.24. The Balaban J connectivity index is 3.25. The highest BCUT2D eigenvalue weighted by Crippen LogP contribution is 2.37. The fraction of sp³-hybridized carbons (Fsp3) is 0.333. The van der Waals surface area contributed by atoms with Gasteiger partial charge >= 0.3 is 12.1 Å². The molecule has 0 aliphatic carbocycles. The monoisotopic (exact) mass is 274 g/mol. The van der Waals surface area contributed by atoms with Gasteiger partial charge in [0.15, 0.2) is 0 Å². The molecule has 0 aromatic heterocycles. The van der Waals surface area contributed by atoms with Gasteiger partial charge in [-0.3, -0.25) is 10.7 Å². The van der Waals surface area contributed by atoms with E-state index in [1.54, 1.807) is 6.92 Å². The number of ether oxygens (including phenoxy) is 1. The Morgan fingerprint density at radius 3 is 2.58 bits per heavy atom. The molecule has 19 heavy (non-hydrogen) atoms. The number of carbonyl (C=O) groups excluding carboxylic acids is 1. The number of rotatable bonds is 4. The summed E-state index contributed by atoms with van der Waals surface area (Å²) in [6, 6.07) is 4.74. The zero-order chi connectivity index (χ0) is 14.7. The highest BCUT2D eigenvalue weighted by atomic mass is 19.4. The fourth-order valence-electron chi connectivity index (χ4n) is 1.44. The summed E-state index contributed by atoms with van der Waals surface area (Å²) in [5.41, 5.74) is 1.88. The Kier molecular flexibility index (Phi) is 4.31. The van der Waals surface area contributed by atoms with Crippen LogP contribution in [0.2, 0.25) is 0 Å². The third-order valence-electron chi connectivity index (χ3n) is 2.50. The normalized spacial score (nSPS) is 14.6. The molecule has 1 aromatic rings. The van der Waals surface area contributed by atoms with Gasteiger partial charge in [0, 0.05) is 5.56 Å². The van der Waals surface area contributed by atoms with Crippen molar-refractivity contribution in [3.63, 3.8) is 0 Å². The minimum Gasteiger partial charge on any atom is -0.462 e. The number of hydrogen-bond donors (Lipinski definition) is 1. The van der Waals surface area contributed by atoms with Crippen molar-refractivity contribution >= 4 is 12.7 Å². The van der Waals surface area contributed by atoms with Crippen LogP contribution < -0.4 is 5.73 Å². The summed E-state index contributed by atoms with van der Waals surface area (Å²) in [7, 11) is 0. The van der Waals surface area contributed by atoms with E-state index in [1.807, 2.05) is 0 Å². The quantitative estimate of drug-likeness (QED) is 0.676. The van der Waals surface area contributed by atoms with Gasteiger partial charge in [0.05, 0.1) is 12.2 Å². The standard InChI is InChI=1S/C12H13F3N2O2/c1-3-19-10(18)8-5-4-6-9(7-8)11(16,17-2)12(13,14)15/h4-7H,2-3,16H2,1H3. The summed E-state index contributed by atoms with van der Waals surface area (Å²) in [5, 5.41) is 0. The third kappa shape index (κ3) is 2.93. The first kappa shape index (κ1) is 15.2. The van der Waals surface area contributed by atoms with E-state index in [9.17, 15) is 18.0 Å². The summed E-state index contributed by atoms with van der Waals surface area (Å²) in [4.78, 5) is 14.4. The molecule has 0 saturated carbocycles. The molecule has 7 heteroatoms. The lowest BCUT2D eigenvalue weighted by atomic mass is 9.98. The van der Waals surface area contributed by atoms with Crippen molar-refractivity contribution in [3.05, 3.63) is 35.4 Å². The highest BCUT2D eigenvalue weighted by Gasteiger charge is 2.53. The Morgan fingerprint density at radius 1 is 1.47 bits per heavy atom. The van der Waals surface area contributed by atoms with Crippen LogP contribution in [0.25, 0.3) is 0 Å². The van der Waals surface area contributed by atoms with Crippen molar-refractivity contribution in [2.24, 2.45) is 10.7 Å². The molecule has 0 spiro atoms. The molecule has 1 aromatic carbocycles. The summed E-state index contributed by atoms with van der Waals surface area (Å²) in [6.45, 7) is 4.59. The smallest absolute Gasteiger partial charge is 0.431 e. The van der Waals surface area contributed by atoms with Gasteiger partial charge in [0.25, 0.3) is 0 Å². The molecule has 1 unspecified atom stereocenters. The largest absolute Gasteiger partial charge is 0.462 e. The van der Waals surface area contributed by atoms with Crippen LogP contribution in [0.5, 0.6) is 0 Å². The van der Waals surface area contributed by atoms with Gasteiger partial charge in [-0.05, 0) is 25.8 Å². The minimum atomic E-state index is -4.82. The van der Waals surface area contributed by atoms with Gasteiger partial charge in [-0.2, -0.15) is 13.2 Å². The first-order chi connectivity index (χ1) is 8.76. The Labute approximate surface area is 108 Å². The predicted molar refractivity (Wildman–Crippen MR) is 63.9 cm³/mol. The maximum Gasteiger partial charge on any atom is 0.431 e. The van der Waals surface area contributed by atoms with Crippen molar-refractivity contribution in [2.45, 2.75) is 18.8 Å². The van der Waals surface area contributed by atoms with Gasteiger partial charge in [-0.15, -0.1) is 0 Å². The molecule has 104 valence electrons. The number of alkyl halides is 3. The highest BCUT2D eigenvalue weighted by molar-refractivity contribution is 5.89. The molecule has 0 heterocycles. The number of aliphatic imine (C=N–C) groups is 1. The van der Waals surface area contributed by atoms with Gasteiger partial charge < -0.3 is 4.74 Å². The number of esters is 1. The van der Waals surface area contributed by atoms with E-state index in [1.165, 1.54) is 12.1 Å². The van der Waals surface area contributed by atoms with Crippen LogP contribution in [-0.4, -0.2) is 25.5 Å². The van der Waals surface area contributed by atoms with Crippen molar-refractivity contribution in [1.82, 2.24) is 0 Å². The molecule has 0 aliphatic rings. The van der Waals surface area contributed by atoms with E-state index in [-0.39, 0.29) is 17.7 Å². The van der Waals surface area contributed by atoms with E-state index < -0.39 is 17.8 Å². The maximum atomic E-state index is 12.9. The van der Waals surface area contributed by atoms with E-state index in [2.05, 4.69) is 11.7 Å². The van der Waals surface area contributed by atoms with E-state index in [0.717, 1.165) is 12.1 Å². The van der Waals surface area contributed by atoms with E-state index in [0.29, 0.717) is 0 Å². The molecule has 0 amide bonds. The van der Waals surface area contributed by atoms with Gasteiger partial charge in [0.2, 0.25) is 5.66 Å². The first-order valence-electron chi connectivity index (χ1n) is 5.37. The number of hydrogen-bond acceptors (Lipinski definition) is 4. The third-order valence-corrected chi connectivity index (χ3v) is 2.50. The maximum absolute atomic E-state index is 12.9. The van der Waals surface area contributed by atoms with Crippen LogP contribution >= 0.6 is 0 Å². The van der Waals surface area contributed by atoms with Gasteiger partial charge in [-0.1, -0.05) is 12.1 Å². The van der Waals surface area contributed by atoms with Crippen LogP contribution in [-0.2, 0) is 10.4 Å². The molecule has 1 atom stereocenters. The zero-order valence-corrected chi connectivity index (χ0v) is 10.2. The van der Waals surface area contributed by atoms with E-state index >= 15 is 0 Å². The molecule has 2 N–H and O–H groups in total. The molecule has 0 fully saturated rings. The number of benzene rings is 1. The molecule has 0 bridgehead atoms. The Bertz CT molecular complexity index is 488. The van der Waals surface area contributed by atoms with Crippen LogP contribution in [0.3, 0.4) is 0 Å². The van der Waals surface area contributed by atoms with Crippen molar-refractivity contribution in [3.8, 4) is 0 Å². The lowest BCUT2D eigenvalue weighted by Crippen LogP contribution is -2.48. The minimum absolute atomic E-state index is 0.0259. The average molecular weight is 274 g/mol. The van der Waals surface area contributed by atoms with Crippen LogP contribution in [0.15, 0.2) is 29.3 Å². The summed E-state index contributed by atoms with van der Waals surface area (Å²) in [6.07, 6.45) is -4.82. The molecule has 0 aliphatic heterocycles. The molecule has 1 rings (SSSR count).